The fourth-order valence-corrected chi connectivity index (χ4v) is 5.35. The van der Waals surface area contributed by atoms with E-state index in [-0.39, 0.29) is 11.5 Å². The first-order chi connectivity index (χ1) is 19.9. The van der Waals surface area contributed by atoms with Gasteiger partial charge in [0, 0.05) is 35.1 Å². The minimum absolute atomic E-state index is 0.183. The van der Waals surface area contributed by atoms with E-state index in [1.54, 1.807) is 48.5 Å². The largest absolute Gasteiger partial charge is 0.493 e. The van der Waals surface area contributed by atoms with Crippen LogP contribution in [0.3, 0.4) is 0 Å². The van der Waals surface area contributed by atoms with Gasteiger partial charge < -0.3 is 24.4 Å². The molecule has 11 heteroatoms. The van der Waals surface area contributed by atoms with Crippen molar-refractivity contribution in [2.24, 2.45) is 0 Å². The second-order valence-electron chi connectivity index (χ2n) is 9.26. The number of benzene rings is 3. The molecule has 3 aromatic carbocycles. The highest BCUT2D eigenvalue weighted by atomic mass is 35.5. The molecule has 3 amide bonds. The van der Waals surface area contributed by atoms with Gasteiger partial charge >= 0.3 is 0 Å². The number of anilines is 2. The Kier molecular flexibility index (Phi) is 9.13. The van der Waals surface area contributed by atoms with E-state index in [1.807, 2.05) is 24.3 Å². The van der Waals surface area contributed by atoms with E-state index in [9.17, 15) is 14.4 Å². The number of amides is 3. The summed E-state index contributed by atoms with van der Waals surface area (Å²) in [6.07, 6.45) is 1.58. The Morgan fingerprint density at radius 3 is 2.49 bits per heavy atom. The maximum atomic E-state index is 13.1. The fraction of sp³-hybridized carbons (Fsp3) is 0.233. The highest BCUT2D eigenvalue weighted by Gasteiger charge is 2.36. The molecular formula is C30H28ClN3O6S. The molecule has 2 heterocycles. The van der Waals surface area contributed by atoms with Crippen molar-refractivity contribution in [3.63, 3.8) is 0 Å². The van der Waals surface area contributed by atoms with E-state index in [2.05, 4.69) is 10.2 Å². The van der Waals surface area contributed by atoms with Crippen molar-refractivity contribution in [3.05, 3.63) is 87.8 Å². The van der Waals surface area contributed by atoms with Crippen LogP contribution in [-0.4, -0.2) is 61.9 Å². The number of thioether (sulfide) groups is 1. The van der Waals surface area contributed by atoms with Crippen LogP contribution in [-0.2, 0) is 20.9 Å². The fourth-order valence-electron chi connectivity index (χ4n) is 4.40. The summed E-state index contributed by atoms with van der Waals surface area (Å²) < 4.78 is 16.9. The molecule has 0 aromatic heterocycles. The van der Waals surface area contributed by atoms with Crippen LogP contribution in [0.15, 0.2) is 71.6 Å². The normalized spacial score (nSPS) is 16.3. The lowest BCUT2D eigenvalue weighted by molar-refractivity contribution is -0.127. The van der Waals surface area contributed by atoms with Crippen molar-refractivity contribution < 1.29 is 28.6 Å². The first kappa shape index (κ1) is 28.5. The number of ether oxygens (including phenoxy) is 3. The Hall–Kier alpha value is -3.99. The Bertz CT molecular complexity index is 1460. The molecule has 0 aliphatic carbocycles. The van der Waals surface area contributed by atoms with Crippen LogP contribution in [0.25, 0.3) is 6.08 Å². The molecule has 0 saturated carbocycles. The summed E-state index contributed by atoms with van der Waals surface area (Å²) in [6, 6.07) is 20.0. The first-order valence-corrected chi connectivity index (χ1v) is 14.1. The molecular weight excluding hydrogens is 566 g/mol. The summed E-state index contributed by atoms with van der Waals surface area (Å²) in [5.74, 6) is -0.119. The molecule has 41 heavy (non-hydrogen) atoms. The van der Waals surface area contributed by atoms with Crippen molar-refractivity contribution in [2.45, 2.75) is 6.61 Å². The first-order valence-electron chi connectivity index (χ1n) is 12.9. The number of halogens is 1. The van der Waals surface area contributed by atoms with Crippen LogP contribution < -0.4 is 19.7 Å². The lowest BCUT2D eigenvalue weighted by Gasteiger charge is -2.28. The molecule has 9 nitrogen and oxygen atoms in total. The van der Waals surface area contributed by atoms with Gasteiger partial charge in [-0.25, -0.2) is 0 Å². The maximum Gasteiger partial charge on any atom is 0.294 e. The maximum absolute atomic E-state index is 13.1. The average Bonchev–Trinajstić information content (AvgIpc) is 3.25. The predicted molar refractivity (Wildman–Crippen MR) is 160 cm³/mol. The highest BCUT2D eigenvalue weighted by Crippen LogP contribution is 2.38. The molecule has 2 fully saturated rings. The lowest BCUT2D eigenvalue weighted by Crippen LogP contribution is -2.36. The zero-order chi connectivity index (χ0) is 28.8. The molecule has 1 N–H and O–H groups in total. The van der Waals surface area contributed by atoms with E-state index in [0.29, 0.717) is 41.0 Å². The van der Waals surface area contributed by atoms with Gasteiger partial charge in [0.1, 0.15) is 13.2 Å². The molecule has 0 radical (unpaired) electrons. The van der Waals surface area contributed by atoms with Gasteiger partial charge in [0.2, 0.25) is 5.91 Å². The zero-order valence-corrected chi connectivity index (χ0v) is 23.9. The number of hydrogen-bond donors (Lipinski definition) is 1. The van der Waals surface area contributed by atoms with Crippen molar-refractivity contribution in [1.82, 2.24) is 4.90 Å². The number of carbonyl (C=O) groups excluding carboxylic acids is 3. The highest BCUT2D eigenvalue weighted by molar-refractivity contribution is 8.18. The minimum atomic E-state index is -0.552. The Balaban J connectivity index is 1.25. The van der Waals surface area contributed by atoms with Crippen LogP contribution in [0.1, 0.15) is 11.1 Å². The number of nitrogens with zero attached hydrogens (tertiary/aromatic N) is 2. The molecule has 0 atom stereocenters. The van der Waals surface area contributed by atoms with Crippen LogP contribution in [0, 0.1) is 0 Å². The average molecular weight is 594 g/mol. The van der Waals surface area contributed by atoms with Gasteiger partial charge in [0.05, 0.1) is 25.2 Å². The number of nitrogens with one attached hydrogen (secondary N) is 1. The van der Waals surface area contributed by atoms with E-state index in [0.717, 1.165) is 41.0 Å². The molecule has 2 saturated heterocycles. The quantitative estimate of drug-likeness (QED) is 0.328. The van der Waals surface area contributed by atoms with Crippen LogP contribution in [0.5, 0.6) is 11.5 Å². The molecule has 2 aliphatic heterocycles. The summed E-state index contributed by atoms with van der Waals surface area (Å²) in [5, 5.41) is 2.86. The number of rotatable bonds is 9. The van der Waals surface area contributed by atoms with Crippen LogP contribution in [0.4, 0.5) is 16.2 Å². The van der Waals surface area contributed by atoms with Gasteiger partial charge in [0.25, 0.3) is 11.1 Å². The predicted octanol–water partition coefficient (Wildman–Crippen LogP) is 5.44. The van der Waals surface area contributed by atoms with Crippen molar-refractivity contribution in [2.75, 3.05) is 50.2 Å². The number of methoxy groups -OCH3 is 1. The molecule has 3 aromatic rings. The molecule has 0 unspecified atom stereocenters. The molecule has 5 rings (SSSR count). The van der Waals surface area contributed by atoms with Gasteiger partial charge in [-0.3, -0.25) is 19.3 Å². The number of hydrogen-bond acceptors (Lipinski definition) is 8. The molecule has 212 valence electrons. The number of imide groups is 1. The number of para-hydroxylation sites is 1. The van der Waals surface area contributed by atoms with Gasteiger partial charge in [-0.15, -0.1) is 0 Å². The summed E-state index contributed by atoms with van der Waals surface area (Å²) in [4.78, 5) is 41.9. The van der Waals surface area contributed by atoms with Crippen LogP contribution in [0.2, 0.25) is 5.02 Å². The summed E-state index contributed by atoms with van der Waals surface area (Å²) in [5.41, 5.74) is 3.08. The van der Waals surface area contributed by atoms with E-state index < -0.39 is 23.6 Å². The standard InChI is InChI=1S/C30H28ClN3O6S/c1-38-25-4-2-3-21(28(25)40-19-20-5-7-22(31)8-6-20)17-26-29(36)34(30(37)41-26)18-27(35)32-23-9-11-24(12-10-23)33-13-15-39-16-14-33/h2-12,17H,13-16,18-19H2,1H3,(H,32,35)/b26-17+. The van der Waals surface area contributed by atoms with Gasteiger partial charge in [-0.05, 0) is 65.9 Å². The van der Waals surface area contributed by atoms with Crippen molar-refractivity contribution in [3.8, 4) is 11.5 Å². The summed E-state index contributed by atoms with van der Waals surface area (Å²) in [6.45, 7) is 2.83. The minimum Gasteiger partial charge on any atom is -0.493 e. The van der Waals surface area contributed by atoms with E-state index in [1.165, 1.54) is 7.11 Å². The van der Waals surface area contributed by atoms with Gasteiger partial charge in [0.15, 0.2) is 11.5 Å². The number of morpholine rings is 1. The monoisotopic (exact) mass is 593 g/mol. The van der Waals surface area contributed by atoms with Crippen molar-refractivity contribution in [1.29, 1.82) is 0 Å². The van der Waals surface area contributed by atoms with Gasteiger partial charge in [-0.2, -0.15) is 0 Å². The Morgan fingerprint density at radius 1 is 1.05 bits per heavy atom. The second-order valence-corrected chi connectivity index (χ2v) is 10.7. The van der Waals surface area contributed by atoms with E-state index >= 15 is 0 Å². The summed E-state index contributed by atoms with van der Waals surface area (Å²) >= 11 is 6.75. The third-order valence-corrected chi connectivity index (χ3v) is 7.67. The second kappa shape index (κ2) is 13.1. The van der Waals surface area contributed by atoms with Crippen LogP contribution >= 0.6 is 23.4 Å². The van der Waals surface area contributed by atoms with E-state index in [4.69, 9.17) is 25.8 Å². The number of carbonyl (C=O) groups is 3. The Labute approximate surface area is 247 Å². The topological polar surface area (TPSA) is 97.4 Å². The zero-order valence-electron chi connectivity index (χ0n) is 22.3. The van der Waals surface area contributed by atoms with Gasteiger partial charge in [-0.1, -0.05) is 35.9 Å². The molecule has 0 bridgehead atoms. The smallest absolute Gasteiger partial charge is 0.294 e. The van der Waals surface area contributed by atoms with Crippen molar-refractivity contribution >= 4 is 57.9 Å². The SMILES string of the molecule is COc1cccc(/C=C2/SC(=O)N(CC(=O)Nc3ccc(N4CCOCC4)cc3)C2=O)c1OCc1ccc(Cl)cc1. The lowest BCUT2D eigenvalue weighted by atomic mass is 10.1. The Morgan fingerprint density at radius 2 is 1.78 bits per heavy atom. The third-order valence-electron chi connectivity index (χ3n) is 6.51. The molecule has 0 spiro atoms. The summed E-state index contributed by atoms with van der Waals surface area (Å²) in [7, 11) is 1.52. The third kappa shape index (κ3) is 7.02. The molecule has 2 aliphatic rings.